The highest BCUT2D eigenvalue weighted by Gasteiger charge is 2.31. The van der Waals surface area contributed by atoms with Crippen LogP contribution in [0.15, 0.2) is 54.9 Å². The number of carbonyl (C=O) groups excluding carboxylic acids is 1. The van der Waals surface area contributed by atoms with Crippen LogP contribution in [0.3, 0.4) is 0 Å². The van der Waals surface area contributed by atoms with Gasteiger partial charge in [-0.3, -0.25) is 9.69 Å². The van der Waals surface area contributed by atoms with Gasteiger partial charge in [0.1, 0.15) is 5.75 Å². The number of hydrogen-bond acceptors (Lipinski definition) is 4. The molecule has 0 saturated carbocycles. The summed E-state index contributed by atoms with van der Waals surface area (Å²) in [5.41, 5.74) is 5.46. The number of nitrogens with one attached hydrogen (secondary N) is 2. The number of carbonyl (C=O) groups is 1. The van der Waals surface area contributed by atoms with Gasteiger partial charge < -0.3 is 15.0 Å². The molecule has 0 radical (unpaired) electrons. The van der Waals surface area contributed by atoms with E-state index in [1.807, 2.05) is 24.3 Å². The fraction of sp³-hybridized carbons (Fsp3) is 0.273. The topological polar surface area (TPSA) is 70.2 Å². The standard InChI is InChI=1S/C22H24N4O2/c1-15(27)25-18-8-6-16(7-9-18)13-26-11-10-20-21(24-14-23-20)22(26)17-4-3-5-19(12-17)28-2/h3-9,12,14,22H,10-11,13H2,1-2H3,(H,23,24)(H,25,27). The van der Waals surface area contributed by atoms with Gasteiger partial charge in [-0.05, 0) is 35.4 Å². The zero-order valence-electron chi connectivity index (χ0n) is 16.1. The molecule has 0 aliphatic carbocycles. The molecule has 0 fully saturated rings. The molecule has 1 aliphatic rings. The van der Waals surface area contributed by atoms with Gasteiger partial charge in [0.05, 0.1) is 25.2 Å². The molecular formula is C22H24N4O2. The van der Waals surface area contributed by atoms with Gasteiger partial charge in [-0.1, -0.05) is 24.3 Å². The lowest BCUT2D eigenvalue weighted by Crippen LogP contribution is -2.35. The smallest absolute Gasteiger partial charge is 0.221 e. The van der Waals surface area contributed by atoms with E-state index in [2.05, 4.69) is 44.5 Å². The number of anilines is 1. The van der Waals surface area contributed by atoms with Crippen molar-refractivity contribution in [3.8, 4) is 5.75 Å². The van der Waals surface area contributed by atoms with E-state index >= 15 is 0 Å². The summed E-state index contributed by atoms with van der Waals surface area (Å²) in [5, 5.41) is 2.81. The molecule has 1 atom stereocenters. The van der Waals surface area contributed by atoms with Crippen molar-refractivity contribution in [3.05, 3.63) is 77.4 Å². The number of imidazole rings is 1. The molecule has 2 heterocycles. The SMILES string of the molecule is COc1cccc(C2c3nc[nH]c3CCN2Cc2ccc(NC(C)=O)cc2)c1. The fourth-order valence-corrected chi connectivity index (χ4v) is 3.81. The lowest BCUT2D eigenvalue weighted by atomic mass is 9.95. The molecule has 6 heteroatoms. The molecule has 0 bridgehead atoms. The molecule has 1 amide bonds. The summed E-state index contributed by atoms with van der Waals surface area (Å²) in [6.45, 7) is 3.25. The Bertz CT molecular complexity index is 965. The van der Waals surface area contributed by atoms with E-state index in [1.54, 1.807) is 13.4 Å². The maximum atomic E-state index is 11.2. The Morgan fingerprint density at radius 3 is 2.86 bits per heavy atom. The summed E-state index contributed by atoms with van der Waals surface area (Å²) < 4.78 is 5.43. The van der Waals surface area contributed by atoms with Crippen molar-refractivity contribution in [2.24, 2.45) is 0 Å². The summed E-state index contributed by atoms with van der Waals surface area (Å²) in [4.78, 5) is 21.6. The third-order valence-corrected chi connectivity index (χ3v) is 5.09. The van der Waals surface area contributed by atoms with Crippen molar-refractivity contribution in [3.63, 3.8) is 0 Å². The average Bonchev–Trinajstić information content (AvgIpc) is 3.17. The van der Waals surface area contributed by atoms with Crippen molar-refractivity contribution in [2.75, 3.05) is 19.0 Å². The van der Waals surface area contributed by atoms with Crippen molar-refractivity contribution < 1.29 is 9.53 Å². The predicted molar refractivity (Wildman–Crippen MR) is 108 cm³/mol. The second-order valence-electron chi connectivity index (χ2n) is 7.04. The Morgan fingerprint density at radius 2 is 2.11 bits per heavy atom. The third-order valence-electron chi connectivity index (χ3n) is 5.09. The first-order valence-corrected chi connectivity index (χ1v) is 9.40. The normalized spacial score (nSPS) is 16.4. The van der Waals surface area contributed by atoms with Crippen LogP contribution in [-0.4, -0.2) is 34.4 Å². The van der Waals surface area contributed by atoms with Gasteiger partial charge in [0.15, 0.2) is 0 Å². The van der Waals surface area contributed by atoms with Crippen LogP contribution in [0.4, 0.5) is 5.69 Å². The van der Waals surface area contributed by atoms with Crippen LogP contribution in [0.1, 0.15) is 35.5 Å². The number of rotatable bonds is 5. The molecule has 4 rings (SSSR count). The predicted octanol–water partition coefficient (Wildman–Crippen LogP) is 3.52. The molecular weight excluding hydrogens is 352 g/mol. The number of H-pyrrole nitrogens is 1. The van der Waals surface area contributed by atoms with Crippen molar-refractivity contribution >= 4 is 11.6 Å². The Balaban J connectivity index is 1.62. The number of ether oxygens (including phenoxy) is 1. The number of fused-ring (bicyclic) bond motifs is 1. The average molecular weight is 376 g/mol. The highest BCUT2D eigenvalue weighted by molar-refractivity contribution is 5.88. The maximum absolute atomic E-state index is 11.2. The molecule has 28 heavy (non-hydrogen) atoms. The zero-order valence-corrected chi connectivity index (χ0v) is 16.1. The van der Waals surface area contributed by atoms with Gasteiger partial charge in [0.2, 0.25) is 5.91 Å². The Kier molecular flexibility index (Phi) is 5.12. The lowest BCUT2D eigenvalue weighted by Gasteiger charge is -2.35. The maximum Gasteiger partial charge on any atom is 0.221 e. The van der Waals surface area contributed by atoms with E-state index in [1.165, 1.54) is 23.7 Å². The van der Waals surface area contributed by atoms with Crippen LogP contribution < -0.4 is 10.1 Å². The number of methoxy groups -OCH3 is 1. The summed E-state index contributed by atoms with van der Waals surface area (Å²) in [6, 6.07) is 16.3. The first kappa shape index (κ1) is 18.3. The molecule has 1 aliphatic heterocycles. The zero-order chi connectivity index (χ0) is 19.5. The van der Waals surface area contributed by atoms with Gasteiger partial charge in [-0.25, -0.2) is 4.98 Å². The highest BCUT2D eigenvalue weighted by atomic mass is 16.5. The number of amides is 1. The van der Waals surface area contributed by atoms with Crippen LogP contribution in [0.25, 0.3) is 0 Å². The second kappa shape index (κ2) is 7.86. The van der Waals surface area contributed by atoms with Gasteiger partial charge in [-0.2, -0.15) is 0 Å². The van der Waals surface area contributed by atoms with E-state index < -0.39 is 0 Å². The molecule has 1 unspecified atom stereocenters. The monoisotopic (exact) mass is 376 g/mol. The minimum absolute atomic E-state index is 0.0621. The third kappa shape index (κ3) is 3.77. The number of nitrogens with zero attached hydrogens (tertiary/aromatic N) is 2. The summed E-state index contributed by atoms with van der Waals surface area (Å²) in [6.07, 6.45) is 2.73. The van der Waals surface area contributed by atoms with E-state index in [0.717, 1.165) is 36.6 Å². The fourth-order valence-electron chi connectivity index (χ4n) is 3.81. The van der Waals surface area contributed by atoms with Gasteiger partial charge >= 0.3 is 0 Å². The molecule has 0 saturated heterocycles. The molecule has 0 spiro atoms. The molecule has 1 aromatic heterocycles. The molecule has 2 aromatic carbocycles. The second-order valence-corrected chi connectivity index (χ2v) is 7.04. The Hall–Kier alpha value is -3.12. The summed E-state index contributed by atoms with van der Waals surface area (Å²) >= 11 is 0. The molecule has 2 N–H and O–H groups in total. The van der Waals surface area contributed by atoms with E-state index in [0.29, 0.717) is 0 Å². The molecule has 3 aromatic rings. The largest absolute Gasteiger partial charge is 0.497 e. The highest BCUT2D eigenvalue weighted by Crippen LogP contribution is 2.35. The lowest BCUT2D eigenvalue weighted by molar-refractivity contribution is -0.114. The first-order chi connectivity index (χ1) is 13.6. The van der Waals surface area contributed by atoms with E-state index in [4.69, 9.17) is 4.74 Å². The van der Waals surface area contributed by atoms with Crippen LogP contribution in [0.5, 0.6) is 5.75 Å². The molecule has 6 nitrogen and oxygen atoms in total. The number of aromatic amines is 1. The van der Waals surface area contributed by atoms with E-state index in [9.17, 15) is 4.79 Å². The van der Waals surface area contributed by atoms with Gasteiger partial charge in [-0.15, -0.1) is 0 Å². The van der Waals surface area contributed by atoms with Gasteiger partial charge in [0.25, 0.3) is 0 Å². The number of benzene rings is 2. The van der Waals surface area contributed by atoms with Crippen LogP contribution in [-0.2, 0) is 17.8 Å². The number of hydrogen-bond donors (Lipinski definition) is 2. The van der Waals surface area contributed by atoms with Crippen molar-refractivity contribution in [1.29, 1.82) is 0 Å². The Morgan fingerprint density at radius 1 is 1.29 bits per heavy atom. The summed E-state index contributed by atoms with van der Waals surface area (Å²) in [5.74, 6) is 0.785. The minimum atomic E-state index is -0.0621. The van der Waals surface area contributed by atoms with Crippen molar-refractivity contribution in [1.82, 2.24) is 14.9 Å². The van der Waals surface area contributed by atoms with E-state index in [-0.39, 0.29) is 11.9 Å². The van der Waals surface area contributed by atoms with Crippen LogP contribution >= 0.6 is 0 Å². The Labute approximate surface area is 164 Å². The minimum Gasteiger partial charge on any atom is -0.497 e. The summed E-state index contributed by atoms with van der Waals surface area (Å²) in [7, 11) is 1.69. The van der Waals surface area contributed by atoms with Crippen LogP contribution in [0.2, 0.25) is 0 Å². The van der Waals surface area contributed by atoms with Crippen LogP contribution in [0, 0.1) is 0 Å². The van der Waals surface area contributed by atoms with Crippen molar-refractivity contribution in [2.45, 2.75) is 25.9 Å². The number of aromatic nitrogens is 2. The van der Waals surface area contributed by atoms with Gasteiger partial charge in [0, 0.05) is 37.8 Å². The molecule has 144 valence electrons. The quantitative estimate of drug-likeness (QED) is 0.715. The first-order valence-electron chi connectivity index (χ1n) is 9.40.